The molecule has 0 aliphatic rings. The largest absolute Gasteiger partial charge is 0.369 e. The summed E-state index contributed by atoms with van der Waals surface area (Å²) in [5.41, 5.74) is 5.61. The van der Waals surface area contributed by atoms with E-state index in [9.17, 15) is 14.0 Å². The van der Waals surface area contributed by atoms with Crippen molar-refractivity contribution in [3.05, 3.63) is 30.1 Å². The second kappa shape index (κ2) is 5.98. The lowest BCUT2D eigenvalue weighted by Gasteiger charge is -2.07. The van der Waals surface area contributed by atoms with Gasteiger partial charge in [0.05, 0.1) is 0 Å². The minimum atomic E-state index is -0.417. The predicted octanol–water partition coefficient (Wildman–Crippen LogP) is 1.67. The monoisotopic (exact) mass is 238 g/mol. The Morgan fingerprint density at radius 1 is 1.35 bits per heavy atom. The standard InChI is InChI=1S/C12H15FN2O2/c1-8(12(14)17)2-7-11(16)15-10-5-3-9(13)4-6-10/h3-6,8H,2,7H2,1H3,(H2,14,17)(H,15,16)/t8-/m0/s1. The van der Waals surface area contributed by atoms with E-state index >= 15 is 0 Å². The van der Waals surface area contributed by atoms with Crippen LogP contribution in [0.2, 0.25) is 0 Å². The molecular formula is C12H15FN2O2. The van der Waals surface area contributed by atoms with Crippen LogP contribution in [0.4, 0.5) is 10.1 Å². The van der Waals surface area contributed by atoms with Crippen LogP contribution in [-0.4, -0.2) is 11.8 Å². The number of hydrogen-bond acceptors (Lipinski definition) is 2. The molecule has 0 saturated carbocycles. The number of nitrogens with one attached hydrogen (secondary N) is 1. The van der Waals surface area contributed by atoms with Crippen LogP contribution < -0.4 is 11.1 Å². The summed E-state index contributed by atoms with van der Waals surface area (Å²) in [6.07, 6.45) is 0.615. The van der Waals surface area contributed by atoms with Crippen molar-refractivity contribution in [2.45, 2.75) is 19.8 Å². The van der Waals surface area contributed by atoms with E-state index in [4.69, 9.17) is 5.73 Å². The van der Waals surface area contributed by atoms with Gasteiger partial charge in [-0.1, -0.05) is 6.92 Å². The SMILES string of the molecule is C[C@@H](CCC(=O)Nc1ccc(F)cc1)C(N)=O. The fourth-order valence-electron chi connectivity index (χ4n) is 1.25. The molecule has 0 unspecified atom stereocenters. The fourth-order valence-corrected chi connectivity index (χ4v) is 1.25. The van der Waals surface area contributed by atoms with Crippen molar-refractivity contribution in [1.82, 2.24) is 0 Å². The third kappa shape index (κ3) is 4.63. The zero-order chi connectivity index (χ0) is 12.8. The van der Waals surface area contributed by atoms with Gasteiger partial charge < -0.3 is 11.1 Å². The zero-order valence-corrected chi connectivity index (χ0v) is 9.57. The molecule has 0 spiro atoms. The van der Waals surface area contributed by atoms with Crippen LogP contribution in [-0.2, 0) is 9.59 Å². The van der Waals surface area contributed by atoms with E-state index in [0.29, 0.717) is 12.1 Å². The molecule has 1 aromatic carbocycles. The molecule has 0 fully saturated rings. The van der Waals surface area contributed by atoms with Crippen LogP contribution in [0, 0.1) is 11.7 Å². The minimum Gasteiger partial charge on any atom is -0.369 e. The van der Waals surface area contributed by atoms with E-state index in [1.54, 1.807) is 6.92 Å². The fraction of sp³-hybridized carbons (Fsp3) is 0.333. The highest BCUT2D eigenvalue weighted by molar-refractivity contribution is 5.91. The van der Waals surface area contributed by atoms with E-state index in [1.165, 1.54) is 24.3 Å². The smallest absolute Gasteiger partial charge is 0.224 e. The molecule has 1 aromatic rings. The van der Waals surface area contributed by atoms with Crippen LogP contribution in [0.1, 0.15) is 19.8 Å². The third-order valence-electron chi connectivity index (χ3n) is 2.42. The number of rotatable bonds is 5. The second-order valence-corrected chi connectivity index (χ2v) is 3.90. The van der Waals surface area contributed by atoms with Crippen LogP contribution in [0.25, 0.3) is 0 Å². The van der Waals surface area contributed by atoms with Gasteiger partial charge in [0.25, 0.3) is 0 Å². The maximum atomic E-state index is 12.6. The lowest BCUT2D eigenvalue weighted by atomic mass is 10.1. The highest BCUT2D eigenvalue weighted by Gasteiger charge is 2.11. The van der Waals surface area contributed by atoms with Gasteiger partial charge in [-0.05, 0) is 30.7 Å². The summed E-state index contributed by atoms with van der Waals surface area (Å²) in [4.78, 5) is 22.2. The maximum Gasteiger partial charge on any atom is 0.224 e. The number of benzene rings is 1. The Hall–Kier alpha value is -1.91. The van der Waals surface area contributed by atoms with Gasteiger partial charge in [0.2, 0.25) is 11.8 Å². The van der Waals surface area contributed by atoms with Crippen molar-refractivity contribution in [2.75, 3.05) is 5.32 Å². The molecule has 4 nitrogen and oxygen atoms in total. The van der Waals surface area contributed by atoms with Gasteiger partial charge in [-0.3, -0.25) is 9.59 Å². The Balaban J connectivity index is 2.39. The molecular weight excluding hydrogens is 223 g/mol. The summed E-state index contributed by atoms with van der Waals surface area (Å²) in [5.74, 6) is -1.32. The van der Waals surface area contributed by atoms with Crippen molar-refractivity contribution < 1.29 is 14.0 Å². The Labute approximate surface area is 99.0 Å². The molecule has 5 heteroatoms. The van der Waals surface area contributed by atoms with Crippen LogP contribution in [0.5, 0.6) is 0 Å². The summed E-state index contributed by atoms with van der Waals surface area (Å²) in [7, 11) is 0. The summed E-state index contributed by atoms with van der Waals surface area (Å²) in [5, 5.41) is 2.61. The lowest BCUT2D eigenvalue weighted by Crippen LogP contribution is -2.22. The highest BCUT2D eigenvalue weighted by Crippen LogP contribution is 2.10. The quantitative estimate of drug-likeness (QED) is 0.818. The average molecular weight is 238 g/mol. The topological polar surface area (TPSA) is 72.2 Å². The number of anilines is 1. The van der Waals surface area contributed by atoms with Crippen molar-refractivity contribution >= 4 is 17.5 Å². The molecule has 0 aliphatic heterocycles. The summed E-state index contributed by atoms with van der Waals surface area (Å²) in [6.45, 7) is 1.67. The predicted molar refractivity (Wildman–Crippen MR) is 62.6 cm³/mol. The van der Waals surface area contributed by atoms with E-state index < -0.39 is 5.91 Å². The van der Waals surface area contributed by atoms with Gasteiger partial charge in [0.1, 0.15) is 5.82 Å². The lowest BCUT2D eigenvalue weighted by molar-refractivity contribution is -0.121. The first-order valence-electron chi connectivity index (χ1n) is 5.34. The summed E-state index contributed by atoms with van der Waals surface area (Å²) < 4.78 is 12.6. The number of halogens is 1. The molecule has 0 aliphatic carbocycles. The molecule has 0 radical (unpaired) electrons. The Bertz CT molecular complexity index is 403. The molecule has 2 amide bonds. The van der Waals surface area contributed by atoms with Crippen molar-refractivity contribution in [3.63, 3.8) is 0 Å². The van der Waals surface area contributed by atoms with Crippen molar-refractivity contribution in [3.8, 4) is 0 Å². The van der Waals surface area contributed by atoms with Gasteiger partial charge in [-0.15, -0.1) is 0 Å². The first-order valence-corrected chi connectivity index (χ1v) is 5.34. The number of nitrogens with two attached hydrogens (primary N) is 1. The molecule has 0 aromatic heterocycles. The molecule has 0 bridgehead atoms. The average Bonchev–Trinajstić information content (AvgIpc) is 2.29. The van der Waals surface area contributed by atoms with E-state index in [2.05, 4.69) is 5.32 Å². The molecule has 92 valence electrons. The second-order valence-electron chi connectivity index (χ2n) is 3.90. The Morgan fingerprint density at radius 3 is 2.47 bits per heavy atom. The zero-order valence-electron chi connectivity index (χ0n) is 9.57. The van der Waals surface area contributed by atoms with E-state index in [0.717, 1.165) is 0 Å². The number of carbonyl (C=O) groups is 2. The van der Waals surface area contributed by atoms with Crippen LogP contribution in [0.15, 0.2) is 24.3 Å². The van der Waals surface area contributed by atoms with Gasteiger partial charge in [0, 0.05) is 18.0 Å². The molecule has 17 heavy (non-hydrogen) atoms. The summed E-state index contributed by atoms with van der Waals surface area (Å²) >= 11 is 0. The highest BCUT2D eigenvalue weighted by atomic mass is 19.1. The van der Waals surface area contributed by atoms with E-state index in [-0.39, 0.29) is 24.1 Å². The molecule has 0 heterocycles. The molecule has 1 atom stereocenters. The van der Waals surface area contributed by atoms with Gasteiger partial charge in [-0.2, -0.15) is 0 Å². The van der Waals surface area contributed by atoms with Crippen molar-refractivity contribution in [1.29, 1.82) is 0 Å². The number of hydrogen-bond donors (Lipinski definition) is 2. The number of primary amides is 1. The van der Waals surface area contributed by atoms with E-state index in [1.807, 2.05) is 0 Å². The van der Waals surface area contributed by atoms with Crippen molar-refractivity contribution in [2.24, 2.45) is 11.7 Å². The molecule has 1 rings (SSSR count). The third-order valence-corrected chi connectivity index (χ3v) is 2.42. The molecule has 0 saturated heterocycles. The first kappa shape index (κ1) is 13.2. The maximum absolute atomic E-state index is 12.6. The van der Waals surface area contributed by atoms with Gasteiger partial charge >= 0.3 is 0 Å². The van der Waals surface area contributed by atoms with Crippen LogP contribution in [0.3, 0.4) is 0 Å². The van der Waals surface area contributed by atoms with Gasteiger partial charge in [-0.25, -0.2) is 4.39 Å². The number of amides is 2. The normalized spacial score (nSPS) is 11.9. The van der Waals surface area contributed by atoms with Crippen LogP contribution >= 0.6 is 0 Å². The Kier molecular flexibility index (Phi) is 4.63. The Morgan fingerprint density at radius 2 is 1.94 bits per heavy atom. The minimum absolute atomic E-state index is 0.210. The molecule has 3 N–H and O–H groups in total. The van der Waals surface area contributed by atoms with Gasteiger partial charge in [0.15, 0.2) is 0 Å². The first-order chi connectivity index (χ1) is 7.99. The number of carbonyl (C=O) groups excluding carboxylic acids is 2. The summed E-state index contributed by atoms with van der Waals surface area (Å²) in [6, 6.07) is 5.48.